The highest BCUT2D eigenvalue weighted by atomic mass is 35.5. The van der Waals surface area contributed by atoms with E-state index in [-0.39, 0.29) is 28.5 Å². The van der Waals surface area contributed by atoms with E-state index in [0.29, 0.717) is 21.7 Å². The van der Waals surface area contributed by atoms with Gasteiger partial charge in [0, 0.05) is 22.6 Å². The quantitative estimate of drug-likeness (QED) is 0.544. The van der Waals surface area contributed by atoms with Crippen LogP contribution in [0.15, 0.2) is 66.1 Å². The third kappa shape index (κ3) is 3.91. The maximum Gasteiger partial charge on any atom is 0.266 e. The first-order valence-corrected chi connectivity index (χ1v) is 10.2. The molecule has 160 valence electrons. The largest absolute Gasteiger partial charge is 0.322 e. The number of anilines is 1. The van der Waals surface area contributed by atoms with E-state index >= 15 is 4.39 Å². The van der Waals surface area contributed by atoms with E-state index in [1.165, 1.54) is 29.5 Å². The lowest BCUT2D eigenvalue weighted by atomic mass is 9.79. The van der Waals surface area contributed by atoms with Crippen molar-refractivity contribution in [2.45, 2.75) is 19.0 Å². The molecule has 0 spiro atoms. The number of carbonyl (C=O) groups excluding carboxylic acids is 1. The number of nitrogens with one attached hydrogen (secondary N) is 1. The first kappa shape index (κ1) is 21.8. The number of rotatable bonds is 4. The zero-order valence-corrected chi connectivity index (χ0v) is 18.3. The summed E-state index contributed by atoms with van der Waals surface area (Å²) in [4.78, 5) is 18.3. The third-order valence-corrected chi connectivity index (χ3v) is 5.73. The molecule has 0 saturated heterocycles. The van der Waals surface area contributed by atoms with Crippen LogP contribution >= 0.6 is 23.2 Å². The van der Waals surface area contributed by atoms with Crippen molar-refractivity contribution >= 4 is 40.4 Å². The second kappa shape index (κ2) is 8.58. The van der Waals surface area contributed by atoms with Crippen LogP contribution in [0.2, 0.25) is 10.0 Å². The number of hydrogen-bond donors (Lipinski definition) is 1. The standard InChI is InChI=1S/C23H16Cl2FN5O/c1-3-15-12-23(26,14(2)10-18(15)17-6-4-5-7-19(17)24)22(32)30-16-11-20(25)21(27-13-16)31-28-8-9-29-31/h1,4-11,13H,12H2,2H3,(H,30,32). The van der Waals surface area contributed by atoms with Crippen LogP contribution in [0.5, 0.6) is 0 Å². The van der Waals surface area contributed by atoms with Crippen molar-refractivity contribution in [3.8, 4) is 18.2 Å². The van der Waals surface area contributed by atoms with E-state index in [1.54, 1.807) is 31.2 Å². The van der Waals surface area contributed by atoms with Gasteiger partial charge in [-0.25, -0.2) is 9.37 Å². The summed E-state index contributed by atoms with van der Waals surface area (Å²) in [5.41, 5.74) is -0.261. The van der Waals surface area contributed by atoms with Gasteiger partial charge in [0.1, 0.15) is 0 Å². The molecule has 1 aliphatic carbocycles. The number of amides is 1. The minimum atomic E-state index is -2.35. The predicted molar refractivity (Wildman–Crippen MR) is 122 cm³/mol. The van der Waals surface area contributed by atoms with Gasteiger partial charge in [-0.1, -0.05) is 53.4 Å². The second-order valence-corrected chi connectivity index (χ2v) is 7.94. The van der Waals surface area contributed by atoms with Crippen molar-refractivity contribution in [3.63, 3.8) is 0 Å². The summed E-state index contributed by atoms with van der Waals surface area (Å²) in [7, 11) is 0. The Hall–Kier alpha value is -3.47. The molecule has 1 aromatic carbocycles. The van der Waals surface area contributed by atoms with Crippen molar-refractivity contribution in [1.82, 2.24) is 20.0 Å². The molecule has 32 heavy (non-hydrogen) atoms. The molecule has 0 fully saturated rings. The molecular weight excluding hydrogens is 452 g/mol. The first-order valence-electron chi connectivity index (χ1n) is 9.49. The molecule has 4 rings (SSSR count). The second-order valence-electron chi connectivity index (χ2n) is 7.12. The van der Waals surface area contributed by atoms with Gasteiger partial charge >= 0.3 is 0 Å². The molecule has 0 saturated carbocycles. The molecule has 1 unspecified atom stereocenters. The van der Waals surface area contributed by atoms with Gasteiger partial charge in [0.2, 0.25) is 5.67 Å². The number of nitrogens with zero attached hydrogens (tertiary/aromatic N) is 4. The van der Waals surface area contributed by atoms with Gasteiger partial charge in [0.05, 0.1) is 29.3 Å². The molecule has 0 radical (unpaired) electrons. The molecular formula is C23H16Cl2FN5O. The summed E-state index contributed by atoms with van der Waals surface area (Å²) in [6, 6.07) is 8.58. The molecule has 1 atom stereocenters. The van der Waals surface area contributed by atoms with E-state index in [9.17, 15) is 4.79 Å². The maximum absolute atomic E-state index is 16.0. The van der Waals surface area contributed by atoms with E-state index in [1.807, 2.05) is 6.07 Å². The molecule has 1 amide bonds. The van der Waals surface area contributed by atoms with Crippen LogP contribution in [0, 0.1) is 12.3 Å². The minimum absolute atomic E-state index is 0.188. The number of halogens is 3. The monoisotopic (exact) mass is 467 g/mol. The zero-order valence-electron chi connectivity index (χ0n) is 16.8. The lowest BCUT2D eigenvalue weighted by molar-refractivity contribution is -0.125. The Morgan fingerprint density at radius 2 is 1.97 bits per heavy atom. The Bertz CT molecular complexity index is 1310. The number of terminal acetylenes is 1. The number of alkyl halides is 1. The van der Waals surface area contributed by atoms with Crippen molar-refractivity contribution in [2.24, 2.45) is 0 Å². The summed E-state index contributed by atoms with van der Waals surface area (Å²) >= 11 is 12.5. The molecule has 0 aliphatic heterocycles. The zero-order chi connectivity index (χ0) is 22.9. The van der Waals surface area contributed by atoms with Crippen LogP contribution in [-0.4, -0.2) is 31.6 Å². The predicted octanol–water partition coefficient (Wildman–Crippen LogP) is 5.05. The normalized spacial score (nSPS) is 18.2. The third-order valence-electron chi connectivity index (χ3n) is 5.12. The Balaban J connectivity index is 1.61. The van der Waals surface area contributed by atoms with Gasteiger partial charge in [-0.3, -0.25) is 4.79 Å². The number of aromatic nitrogens is 4. The Labute approximate surface area is 193 Å². The molecule has 1 N–H and O–H groups in total. The molecule has 2 aromatic heterocycles. The highest BCUT2D eigenvalue weighted by molar-refractivity contribution is 6.33. The lowest BCUT2D eigenvalue weighted by Gasteiger charge is -2.30. The van der Waals surface area contributed by atoms with E-state index in [0.717, 1.165) is 0 Å². The molecule has 0 bridgehead atoms. The van der Waals surface area contributed by atoms with Crippen LogP contribution in [0.4, 0.5) is 10.1 Å². The Morgan fingerprint density at radius 3 is 2.62 bits per heavy atom. The van der Waals surface area contributed by atoms with Crippen molar-refractivity contribution in [1.29, 1.82) is 0 Å². The van der Waals surface area contributed by atoms with Crippen molar-refractivity contribution < 1.29 is 9.18 Å². The number of carbonyl (C=O) groups is 1. The van der Waals surface area contributed by atoms with Gasteiger partial charge in [-0.05, 0) is 30.2 Å². The minimum Gasteiger partial charge on any atom is -0.322 e. The molecule has 6 nitrogen and oxygen atoms in total. The van der Waals surface area contributed by atoms with Crippen LogP contribution < -0.4 is 5.32 Å². The summed E-state index contributed by atoms with van der Waals surface area (Å²) in [5.74, 6) is 1.92. The first-order chi connectivity index (χ1) is 15.3. The summed E-state index contributed by atoms with van der Waals surface area (Å²) in [5, 5.41) is 11.1. The maximum atomic E-state index is 16.0. The molecule has 9 heteroatoms. The van der Waals surface area contributed by atoms with Crippen LogP contribution in [0.3, 0.4) is 0 Å². The highest BCUT2D eigenvalue weighted by Crippen LogP contribution is 2.41. The van der Waals surface area contributed by atoms with Gasteiger partial charge < -0.3 is 5.32 Å². The summed E-state index contributed by atoms with van der Waals surface area (Å²) in [6.07, 6.45) is 11.2. The topological polar surface area (TPSA) is 72.7 Å². The fraction of sp³-hybridized carbons (Fsp3) is 0.130. The summed E-state index contributed by atoms with van der Waals surface area (Å²) < 4.78 is 16.0. The van der Waals surface area contributed by atoms with Gasteiger partial charge in [-0.2, -0.15) is 10.2 Å². The Kier molecular flexibility index (Phi) is 5.83. The summed E-state index contributed by atoms with van der Waals surface area (Å²) in [6.45, 7) is 1.54. The van der Waals surface area contributed by atoms with E-state index < -0.39 is 11.6 Å². The molecule has 1 aliphatic rings. The SMILES string of the molecule is C#CC1=C(c2ccccc2Cl)C=C(C)C(F)(C(=O)Nc2cnc(-n3nccn3)c(Cl)c2)C1. The van der Waals surface area contributed by atoms with Crippen LogP contribution in [0.1, 0.15) is 18.9 Å². The van der Waals surface area contributed by atoms with Crippen LogP contribution in [-0.2, 0) is 4.79 Å². The van der Waals surface area contributed by atoms with E-state index in [2.05, 4.69) is 26.4 Å². The van der Waals surface area contributed by atoms with Gasteiger partial charge in [0.25, 0.3) is 5.91 Å². The number of benzene rings is 1. The van der Waals surface area contributed by atoms with Gasteiger partial charge in [-0.15, -0.1) is 11.2 Å². The Morgan fingerprint density at radius 1 is 1.25 bits per heavy atom. The molecule has 3 aromatic rings. The fourth-order valence-corrected chi connectivity index (χ4v) is 3.89. The van der Waals surface area contributed by atoms with Crippen molar-refractivity contribution in [2.75, 3.05) is 5.32 Å². The van der Waals surface area contributed by atoms with Crippen molar-refractivity contribution in [3.05, 3.63) is 81.8 Å². The fourth-order valence-electron chi connectivity index (χ4n) is 3.41. The molecule has 2 heterocycles. The number of pyridine rings is 1. The van der Waals surface area contributed by atoms with Gasteiger partial charge in [0.15, 0.2) is 5.82 Å². The average molecular weight is 468 g/mol. The smallest absolute Gasteiger partial charge is 0.266 e. The number of allylic oxidation sites excluding steroid dienone is 3. The average Bonchev–Trinajstić information content (AvgIpc) is 3.30. The van der Waals surface area contributed by atoms with E-state index in [4.69, 9.17) is 29.6 Å². The number of hydrogen-bond acceptors (Lipinski definition) is 4. The highest BCUT2D eigenvalue weighted by Gasteiger charge is 2.44. The van der Waals surface area contributed by atoms with Crippen LogP contribution in [0.25, 0.3) is 11.4 Å². The lowest BCUT2D eigenvalue weighted by Crippen LogP contribution is -2.41.